The lowest BCUT2D eigenvalue weighted by atomic mass is 9.74. The van der Waals surface area contributed by atoms with Crippen molar-refractivity contribution in [2.45, 2.75) is 87.1 Å². The van der Waals surface area contributed by atoms with Crippen molar-refractivity contribution in [3.63, 3.8) is 0 Å². The number of ether oxygens (including phenoxy) is 2. The van der Waals surface area contributed by atoms with Crippen molar-refractivity contribution < 1.29 is 19.1 Å². The van der Waals surface area contributed by atoms with Gasteiger partial charge in [0.1, 0.15) is 12.2 Å². The average molecular weight is 1320 g/mol. The first-order valence-electron chi connectivity index (χ1n) is 23.9. The molecule has 3 saturated heterocycles. The number of rotatable bonds is 8. The van der Waals surface area contributed by atoms with Gasteiger partial charge >= 0.3 is 12.2 Å². The number of alkyl halides is 3. The van der Waals surface area contributed by atoms with Crippen LogP contribution in [-0.2, 0) is 25.7 Å². The predicted molar refractivity (Wildman–Crippen MR) is 304 cm³/mol. The Labute approximate surface area is 460 Å². The van der Waals surface area contributed by atoms with Crippen LogP contribution in [0.3, 0.4) is 0 Å². The normalized spacial score (nSPS) is 18.0. The number of nitrogens with one attached hydrogen (secondary N) is 1. The second-order valence-corrected chi connectivity index (χ2v) is 24.2. The van der Waals surface area contributed by atoms with Gasteiger partial charge in [0.2, 0.25) is 0 Å². The van der Waals surface area contributed by atoms with Gasteiger partial charge in [0.25, 0.3) is 0 Å². The largest absolute Gasteiger partial charge is 0.448 e. The molecule has 4 aliphatic rings. The molecule has 2 amide bonds. The number of halogens is 6. The molecule has 1 aliphatic carbocycles. The molecule has 7 nitrogen and oxygen atoms in total. The highest BCUT2D eigenvalue weighted by atomic mass is 79.9. The molecular weight excluding hydrogens is 1260 g/mol. The molecule has 3 aliphatic heterocycles. The SMILES string of the molecule is BrCC1(c2ccc(Br)cc2)CCNCC1.CC(C)(C)OC(=O)N1CCC(CBr)(c2ccc(Br)cc2)CC1.O=C(OCC1c2ccccc2-c2ccccc21)N1CCC(CBr)(c2ccc(Br)cc2)CC1. The van der Waals surface area contributed by atoms with E-state index in [0.29, 0.717) is 25.1 Å². The van der Waals surface area contributed by atoms with Gasteiger partial charge in [-0.15, -0.1) is 0 Å². The lowest BCUT2D eigenvalue weighted by Crippen LogP contribution is -2.47. The van der Waals surface area contributed by atoms with E-state index in [4.69, 9.17) is 9.47 Å². The number of carbonyl (C=O) groups is 2. The summed E-state index contributed by atoms with van der Waals surface area (Å²) in [5.74, 6) is 0.0977. The third-order valence-electron chi connectivity index (χ3n) is 14.4. The van der Waals surface area contributed by atoms with Crippen LogP contribution >= 0.6 is 95.6 Å². The van der Waals surface area contributed by atoms with E-state index in [2.05, 4.69) is 222 Å². The second-order valence-electron chi connectivity index (χ2n) is 19.8. The van der Waals surface area contributed by atoms with Crippen molar-refractivity contribution >= 4 is 108 Å². The van der Waals surface area contributed by atoms with E-state index in [1.165, 1.54) is 51.8 Å². The van der Waals surface area contributed by atoms with Crippen molar-refractivity contribution in [1.82, 2.24) is 15.1 Å². The second kappa shape index (κ2) is 24.5. The zero-order chi connectivity index (χ0) is 49.2. The highest BCUT2D eigenvalue weighted by molar-refractivity contribution is 9.11. The molecule has 69 heavy (non-hydrogen) atoms. The van der Waals surface area contributed by atoms with Gasteiger partial charge in [-0.1, -0.05) is 181 Å². The van der Waals surface area contributed by atoms with Gasteiger partial charge in [-0.25, -0.2) is 9.59 Å². The maximum absolute atomic E-state index is 12.9. The van der Waals surface area contributed by atoms with Crippen LogP contribution in [0, 0.1) is 0 Å². The zero-order valence-corrected chi connectivity index (χ0v) is 49.2. The number of likely N-dealkylation sites (tertiary alicyclic amines) is 2. The van der Waals surface area contributed by atoms with E-state index in [1.807, 2.05) is 30.6 Å². The summed E-state index contributed by atoms with van der Waals surface area (Å²) in [7, 11) is 0. The third-order valence-corrected chi connectivity index (χ3v) is 19.2. The van der Waals surface area contributed by atoms with Crippen LogP contribution in [0.4, 0.5) is 9.59 Å². The summed E-state index contributed by atoms with van der Waals surface area (Å²) >= 11 is 21.6. The summed E-state index contributed by atoms with van der Waals surface area (Å²) in [5, 5.41) is 6.28. The molecule has 0 bridgehead atoms. The minimum Gasteiger partial charge on any atom is -0.448 e. The Morgan fingerprint density at radius 3 is 1.25 bits per heavy atom. The van der Waals surface area contributed by atoms with Crippen LogP contribution in [-0.4, -0.2) is 89.5 Å². The Hall–Kier alpha value is -2.52. The van der Waals surface area contributed by atoms with Gasteiger partial charge < -0.3 is 24.6 Å². The van der Waals surface area contributed by atoms with Crippen molar-refractivity contribution in [3.05, 3.63) is 163 Å². The van der Waals surface area contributed by atoms with Crippen LogP contribution in [0.25, 0.3) is 11.1 Å². The molecule has 5 aromatic carbocycles. The van der Waals surface area contributed by atoms with Gasteiger partial charge in [-0.2, -0.15) is 0 Å². The fourth-order valence-electron chi connectivity index (χ4n) is 10.1. The number of fused-ring (bicyclic) bond motifs is 3. The van der Waals surface area contributed by atoms with Gasteiger partial charge in [0, 0.05) is 77.8 Å². The Balaban J connectivity index is 0.000000165. The van der Waals surface area contributed by atoms with Crippen molar-refractivity contribution in [2.24, 2.45) is 0 Å². The summed E-state index contributed by atoms with van der Waals surface area (Å²) < 4.78 is 14.7. The van der Waals surface area contributed by atoms with E-state index >= 15 is 0 Å². The van der Waals surface area contributed by atoms with Gasteiger partial charge in [-0.3, -0.25) is 0 Å². The van der Waals surface area contributed by atoms with E-state index in [0.717, 1.165) is 81.3 Å². The van der Waals surface area contributed by atoms with Gasteiger partial charge in [-0.05, 0) is 148 Å². The molecule has 0 aromatic heterocycles. The fraction of sp³-hybridized carbons (Fsp3) is 0.429. The number of carbonyl (C=O) groups excluding carboxylic acids is 2. The number of amides is 2. The highest BCUT2D eigenvalue weighted by Crippen LogP contribution is 2.45. The number of benzene rings is 5. The standard InChI is InChI=1S/C27H25Br2NO2.C17H23Br2NO2.C12H15Br2N/c28-18-27(19-9-11-20(29)12-10-19)13-15-30(16-14-27)26(31)32-17-25-23-7-3-1-5-21(23)22-6-2-4-8-24(22)25;1-16(2,3)22-15(21)20-10-8-17(12-18,9-11-20)13-4-6-14(19)7-5-13;13-9-12(5-7-15-8-6-12)10-1-3-11(14)4-2-10/h1-12,25H,13-18H2;4-7H,8-12H2,1-3H3;1-4,15H,5-9H2. The van der Waals surface area contributed by atoms with Crippen LogP contribution in [0.2, 0.25) is 0 Å². The quantitative estimate of drug-likeness (QED) is 0.157. The number of hydrogen-bond acceptors (Lipinski definition) is 5. The molecule has 1 N–H and O–H groups in total. The summed E-state index contributed by atoms with van der Waals surface area (Å²) in [6, 6.07) is 42.7. The van der Waals surface area contributed by atoms with Gasteiger partial charge in [0.15, 0.2) is 0 Å². The summed E-state index contributed by atoms with van der Waals surface area (Å²) in [5.41, 5.74) is 9.16. The highest BCUT2D eigenvalue weighted by Gasteiger charge is 2.39. The van der Waals surface area contributed by atoms with E-state index < -0.39 is 5.60 Å². The Morgan fingerprint density at radius 1 is 0.536 bits per heavy atom. The van der Waals surface area contributed by atoms with Crippen LogP contribution in [0.1, 0.15) is 93.0 Å². The van der Waals surface area contributed by atoms with Crippen LogP contribution < -0.4 is 5.32 Å². The van der Waals surface area contributed by atoms with Crippen LogP contribution in [0.15, 0.2) is 135 Å². The first kappa shape index (κ1) is 54.3. The maximum atomic E-state index is 12.9. The molecule has 5 aromatic rings. The Bertz CT molecular complexity index is 2410. The lowest BCUT2D eigenvalue weighted by Gasteiger charge is -2.41. The molecule has 0 saturated carbocycles. The van der Waals surface area contributed by atoms with E-state index in [9.17, 15) is 9.59 Å². The number of nitrogens with zero attached hydrogens (tertiary/aromatic N) is 2. The lowest BCUT2D eigenvalue weighted by molar-refractivity contribution is 0.0174. The molecular formula is C56H63Br6N3O4. The monoisotopic (exact) mass is 1310 g/mol. The minimum absolute atomic E-state index is 0.0564. The molecule has 0 unspecified atom stereocenters. The Morgan fingerprint density at radius 2 is 0.884 bits per heavy atom. The average Bonchev–Trinajstić information content (AvgIpc) is 3.69. The first-order valence-corrected chi connectivity index (χ1v) is 29.6. The minimum atomic E-state index is -0.438. The zero-order valence-electron chi connectivity index (χ0n) is 39.7. The number of hydrogen-bond donors (Lipinski definition) is 1. The molecule has 0 radical (unpaired) electrons. The third kappa shape index (κ3) is 13.4. The van der Waals surface area contributed by atoms with E-state index in [1.54, 1.807) is 0 Å². The summed E-state index contributed by atoms with van der Waals surface area (Å²) in [6.45, 7) is 11.2. The van der Waals surface area contributed by atoms with Crippen molar-refractivity contribution in [3.8, 4) is 11.1 Å². The number of piperidine rings is 3. The Kier molecular flexibility index (Phi) is 19.2. The molecule has 13 heteroatoms. The first-order chi connectivity index (χ1) is 33.1. The maximum Gasteiger partial charge on any atom is 0.410 e. The molecule has 0 atom stereocenters. The fourth-order valence-corrected chi connectivity index (χ4v) is 13.5. The molecule has 3 heterocycles. The topological polar surface area (TPSA) is 71.1 Å². The molecule has 368 valence electrons. The van der Waals surface area contributed by atoms with E-state index in [-0.39, 0.29) is 28.9 Å². The summed E-state index contributed by atoms with van der Waals surface area (Å²) in [4.78, 5) is 28.8. The molecule has 0 spiro atoms. The summed E-state index contributed by atoms with van der Waals surface area (Å²) in [6.07, 6.45) is 5.77. The van der Waals surface area contributed by atoms with Crippen molar-refractivity contribution in [1.29, 1.82) is 0 Å². The molecule has 3 fully saturated rings. The van der Waals surface area contributed by atoms with Crippen LogP contribution in [0.5, 0.6) is 0 Å². The predicted octanol–water partition coefficient (Wildman–Crippen LogP) is 15.7. The molecule has 9 rings (SSSR count). The van der Waals surface area contributed by atoms with Crippen molar-refractivity contribution in [2.75, 3.05) is 61.9 Å². The van der Waals surface area contributed by atoms with Gasteiger partial charge in [0.05, 0.1) is 0 Å². The smallest absolute Gasteiger partial charge is 0.410 e.